The molecule has 2 aromatic heterocycles. The molecular weight excluding hydrogens is 434 g/mol. The van der Waals surface area contributed by atoms with Crippen molar-refractivity contribution in [3.63, 3.8) is 0 Å². The van der Waals surface area contributed by atoms with Gasteiger partial charge in [-0.25, -0.2) is 9.67 Å². The minimum atomic E-state index is 0.336. The van der Waals surface area contributed by atoms with Crippen molar-refractivity contribution in [2.24, 2.45) is 0 Å². The first kappa shape index (κ1) is 22.7. The van der Waals surface area contributed by atoms with E-state index in [4.69, 9.17) is 27.3 Å². The molecule has 1 aliphatic rings. The number of benzene rings is 1. The molecular formula is C24H27N7OS. The van der Waals surface area contributed by atoms with E-state index in [0.717, 1.165) is 49.1 Å². The van der Waals surface area contributed by atoms with E-state index in [1.807, 2.05) is 52.6 Å². The SMILES string of the molecule is C=CCn1c(COc2cccc(C)c2)nn(CN2CCN(c3cc(C#N)ccn3)CC2)c1=S. The summed E-state index contributed by atoms with van der Waals surface area (Å²) in [6.45, 7) is 10.8. The molecule has 0 amide bonds. The number of aromatic nitrogens is 4. The van der Waals surface area contributed by atoms with Gasteiger partial charge in [-0.05, 0) is 49.0 Å². The normalized spacial score (nSPS) is 14.1. The van der Waals surface area contributed by atoms with Gasteiger partial charge in [0.1, 0.15) is 18.2 Å². The van der Waals surface area contributed by atoms with Crippen LogP contribution in [0.3, 0.4) is 0 Å². The third-order valence-corrected chi connectivity index (χ3v) is 6.00. The van der Waals surface area contributed by atoms with E-state index in [1.54, 1.807) is 12.3 Å². The van der Waals surface area contributed by atoms with Crippen molar-refractivity contribution < 1.29 is 4.74 Å². The highest BCUT2D eigenvalue weighted by molar-refractivity contribution is 7.71. The molecule has 0 spiro atoms. The Hall–Kier alpha value is -3.48. The highest BCUT2D eigenvalue weighted by atomic mass is 32.1. The molecule has 4 rings (SSSR count). The Bertz CT molecular complexity index is 1220. The van der Waals surface area contributed by atoms with Gasteiger partial charge in [0.15, 0.2) is 10.6 Å². The third-order valence-electron chi connectivity index (χ3n) is 5.57. The van der Waals surface area contributed by atoms with E-state index in [9.17, 15) is 0 Å². The summed E-state index contributed by atoms with van der Waals surface area (Å²) in [6.07, 6.45) is 3.51. The maximum Gasteiger partial charge on any atom is 0.199 e. The number of piperazine rings is 1. The zero-order valence-electron chi connectivity index (χ0n) is 18.7. The predicted octanol–water partition coefficient (Wildman–Crippen LogP) is 3.53. The van der Waals surface area contributed by atoms with E-state index >= 15 is 0 Å². The second-order valence-electron chi connectivity index (χ2n) is 7.96. The highest BCUT2D eigenvalue weighted by Crippen LogP contribution is 2.17. The first-order valence-electron chi connectivity index (χ1n) is 10.9. The second kappa shape index (κ2) is 10.4. The van der Waals surface area contributed by atoms with Crippen molar-refractivity contribution >= 4 is 18.0 Å². The molecule has 0 saturated carbocycles. The molecule has 1 aromatic carbocycles. The van der Waals surface area contributed by atoms with Crippen molar-refractivity contribution in [2.45, 2.75) is 26.7 Å². The van der Waals surface area contributed by atoms with E-state index in [-0.39, 0.29) is 0 Å². The predicted molar refractivity (Wildman–Crippen MR) is 129 cm³/mol. The first-order chi connectivity index (χ1) is 16.1. The van der Waals surface area contributed by atoms with Crippen molar-refractivity contribution in [3.8, 4) is 11.8 Å². The van der Waals surface area contributed by atoms with Gasteiger partial charge in [0, 0.05) is 38.9 Å². The van der Waals surface area contributed by atoms with Gasteiger partial charge in [-0.15, -0.1) is 6.58 Å². The van der Waals surface area contributed by atoms with Gasteiger partial charge in [0.2, 0.25) is 0 Å². The third kappa shape index (κ3) is 5.48. The zero-order chi connectivity index (χ0) is 23.2. The average Bonchev–Trinajstić information content (AvgIpc) is 3.13. The Balaban J connectivity index is 1.41. The van der Waals surface area contributed by atoms with Crippen LogP contribution in [0.2, 0.25) is 0 Å². The van der Waals surface area contributed by atoms with E-state index < -0.39 is 0 Å². The number of anilines is 1. The first-order valence-corrected chi connectivity index (χ1v) is 11.3. The lowest BCUT2D eigenvalue weighted by Crippen LogP contribution is -2.47. The molecule has 0 bridgehead atoms. The van der Waals surface area contributed by atoms with Crippen LogP contribution < -0.4 is 9.64 Å². The maximum atomic E-state index is 9.13. The molecule has 8 nitrogen and oxygen atoms in total. The second-order valence-corrected chi connectivity index (χ2v) is 8.33. The summed E-state index contributed by atoms with van der Waals surface area (Å²) in [6, 6.07) is 13.7. The fourth-order valence-corrected chi connectivity index (χ4v) is 4.10. The number of nitrogens with zero attached hydrogens (tertiary/aromatic N) is 7. The van der Waals surface area contributed by atoms with Crippen LogP contribution >= 0.6 is 12.2 Å². The summed E-state index contributed by atoms with van der Waals surface area (Å²) < 4.78 is 10.5. The lowest BCUT2D eigenvalue weighted by atomic mass is 10.2. The number of hydrogen-bond acceptors (Lipinski definition) is 7. The summed E-state index contributed by atoms with van der Waals surface area (Å²) in [5.41, 5.74) is 1.77. The number of nitriles is 1. The van der Waals surface area contributed by atoms with Crippen LogP contribution in [-0.2, 0) is 19.8 Å². The number of allylic oxidation sites excluding steroid dienone is 1. The molecule has 33 heavy (non-hydrogen) atoms. The van der Waals surface area contributed by atoms with Crippen LogP contribution in [0.25, 0.3) is 0 Å². The maximum absolute atomic E-state index is 9.13. The van der Waals surface area contributed by atoms with Crippen LogP contribution in [0, 0.1) is 23.0 Å². The molecule has 170 valence electrons. The van der Waals surface area contributed by atoms with Crippen LogP contribution in [0.15, 0.2) is 55.3 Å². The smallest absolute Gasteiger partial charge is 0.199 e. The van der Waals surface area contributed by atoms with Crippen LogP contribution in [0.4, 0.5) is 5.82 Å². The number of aryl methyl sites for hydroxylation is 1. The fourth-order valence-electron chi connectivity index (χ4n) is 3.82. The Morgan fingerprint density at radius 1 is 1.21 bits per heavy atom. The summed E-state index contributed by atoms with van der Waals surface area (Å²) in [5.74, 6) is 2.43. The van der Waals surface area contributed by atoms with Crippen molar-refractivity contribution in [1.29, 1.82) is 5.26 Å². The molecule has 1 fully saturated rings. The number of pyridine rings is 1. The topological polar surface area (TPSA) is 75.1 Å². The number of rotatable bonds is 8. The van der Waals surface area contributed by atoms with Crippen LogP contribution in [-0.4, -0.2) is 50.4 Å². The molecule has 1 saturated heterocycles. The molecule has 0 radical (unpaired) electrons. The molecule has 0 atom stereocenters. The number of hydrogen-bond donors (Lipinski definition) is 0. The lowest BCUT2D eigenvalue weighted by molar-refractivity contribution is 0.192. The van der Waals surface area contributed by atoms with Crippen molar-refractivity contribution in [1.82, 2.24) is 24.2 Å². The summed E-state index contributed by atoms with van der Waals surface area (Å²) in [5, 5.41) is 13.9. The van der Waals surface area contributed by atoms with Gasteiger partial charge in [-0.2, -0.15) is 10.4 Å². The summed E-state index contributed by atoms with van der Waals surface area (Å²) >= 11 is 5.71. The largest absolute Gasteiger partial charge is 0.486 e. The molecule has 3 aromatic rings. The molecule has 0 N–H and O–H groups in total. The van der Waals surface area contributed by atoms with Gasteiger partial charge >= 0.3 is 0 Å². The Morgan fingerprint density at radius 2 is 2.03 bits per heavy atom. The Morgan fingerprint density at radius 3 is 2.76 bits per heavy atom. The standard InChI is InChI=1S/C24H27N7OS/c1-3-9-30-23(17-32-21-6-4-5-19(2)14-21)27-31(24(30)33)18-28-10-12-29(13-11-28)22-15-20(16-25)7-8-26-22/h3-8,14-15H,1,9-13,17-18H2,2H3. The zero-order valence-corrected chi connectivity index (χ0v) is 19.5. The molecule has 3 heterocycles. The summed E-state index contributed by atoms with van der Waals surface area (Å²) in [7, 11) is 0. The fraction of sp³-hybridized carbons (Fsp3) is 0.333. The van der Waals surface area contributed by atoms with Crippen molar-refractivity contribution in [3.05, 3.63) is 77.0 Å². The van der Waals surface area contributed by atoms with Gasteiger partial charge in [0.05, 0.1) is 18.3 Å². The van der Waals surface area contributed by atoms with E-state index in [2.05, 4.69) is 27.4 Å². The van der Waals surface area contributed by atoms with Crippen LogP contribution in [0.1, 0.15) is 17.0 Å². The van der Waals surface area contributed by atoms with Gasteiger partial charge in [-0.3, -0.25) is 9.47 Å². The van der Waals surface area contributed by atoms with E-state index in [1.165, 1.54) is 0 Å². The molecule has 0 aliphatic carbocycles. The van der Waals surface area contributed by atoms with Gasteiger partial charge in [0.25, 0.3) is 0 Å². The number of ether oxygens (including phenoxy) is 1. The minimum Gasteiger partial charge on any atom is -0.486 e. The lowest BCUT2D eigenvalue weighted by Gasteiger charge is -2.35. The van der Waals surface area contributed by atoms with Gasteiger partial charge < -0.3 is 9.64 Å². The summed E-state index contributed by atoms with van der Waals surface area (Å²) in [4.78, 5) is 8.93. The highest BCUT2D eigenvalue weighted by Gasteiger charge is 2.20. The average molecular weight is 462 g/mol. The molecule has 9 heteroatoms. The Labute approximate surface area is 199 Å². The Kier molecular flexibility index (Phi) is 7.17. The molecule has 0 unspecified atom stereocenters. The van der Waals surface area contributed by atoms with Crippen LogP contribution in [0.5, 0.6) is 5.75 Å². The monoisotopic (exact) mass is 461 g/mol. The van der Waals surface area contributed by atoms with Gasteiger partial charge in [-0.1, -0.05) is 18.2 Å². The van der Waals surface area contributed by atoms with E-state index in [0.29, 0.717) is 30.2 Å². The van der Waals surface area contributed by atoms with Crippen molar-refractivity contribution in [2.75, 3.05) is 31.1 Å². The quantitative estimate of drug-likeness (QED) is 0.375. The minimum absolute atomic E-state index is 0.336. The molecule has 1 aliphatic heterocycles.